The van der Waals surface area contributed by atoms with E-state index >= 15 is 0 Å². The molecule has 32 heavy (non-hydrogen) atoms. The number of alkyl halides is 3. The van der Waals surface area contributed by atoms with Crippen molar-refractivity contribution >= 4 is 5.91 Å². The molecule has 0 spiro atoms. The Morgan fingerprint density at radius 3 is 2.75 bits per heavy atom. The number of hydrogen-bond acceptors (Lipinski definition) is 3. The average molecular weight is 447 g/mol. The largest absolute Gasteiger partial charge is 0.508 e. The average Bonchev–Trinajstić information content (AvgIpc) is 3.43. The minimum Gasteiger partial charge on any atom is -0.508 e. The van der Waals surface area contributed by atoms with Crippen LogP contribution < -0.4 is 0 Å². The molecule has 172 valence electrons. The van der Waals surface area contributed by atoms with Gasteiger partial charge in [0.15, 0.2) is 0 Å². The van der Waals surface area contributed by atoms with E-state index in [0.717, 1.165) is 44.7 Å². The number of halogens is 3. The highest BCUT2D eigenvalue weighted by molar-refractivity contribution is 5.82. The molecule has 1 amide bonds. The summed E-state index contributed by atoms with van der Waals surface area (Å²) in [5.74, 6) is -0.431. The maximum Gasteiger partial charge on any atom is 0.471 e. The Morgan fingerprint density at radius 1 is 1.19 bits per heavy atom. The van der Waals surface area contributed by atoms with Crippen LogP contribution in [0.3, 0.4) is 0 Å². The minimum absolute atomic E-state index is 0.0557. The zero-order valence-corrected chi connectivity index (χ0v) is 18.1. The predicted molar refractivity (Wildman–Crippen MR) is 111 cm³/mol. The summed E-state index contributed by atoms with van der Waals surface area (Å²) in [5.41, 5.74) is 2.27. The van der Waals surface area contributed by atoms with Gasteiger partial charge in [-0.1, -0.05) is 6.07 Å². The van der Waals surface area contributed by atoms with Gasteiger partial charge < -0.3 is 10.0 Å². The van der Waals surface area contributed by atoms with E-state index in [4.69, 9.17) is 0 Å². The van der Waals surface area contributed by atoms with Crippen LogP contribution in [0, 0.1) is 23.2 Å². The zero-order valence-electron chi connectivity index (χ0n) is 18.1. The summed E-state index contributed by atoms with van der Waals surface area (Å²) in [5, 5.41) is 10.4. The van der Waals surface area contributed by atoms with Crippen molar-refractivity contribution in [3.05, 3.63) is 29.3 Å². The molecular formula is C25H29F3N2O2. The standard InChI is InChI=1S/C25H29F3N2O2/c26-25(27,28)22(32)30-13-16-11-23-6-5-19(30)21(16)24(23)7-8-29(12-14-1-2-14)20(23)9-15-3-4-17(31)10-18(15)24/h3-4,10,14,16,19-21,31H,1-2,5-9,11-13H2/t16-,19?,20-,21?,23-,24+/m1/s1. The van der Waals surface area contributed by atoms with Gasteiger partial charge in [0, 0.05) is 30.6 Å². The van der Waals surface area contributed by atoms with Gasteiger partial charge in [0.05, 0.1) is 0 Å². The number of carbonyl (C=O) groups is 1. The highest BCUT2D eigenvalue weighted by Gasteiger charge is 2.76. The van der Waals surface area contributed by atoms with E-state index in [9.17, 15) is 23.1 Å². The van der Waals surface area contributed by atoms with E-state index in [-0.39, 0.29) is 41.0 Å². The van der Waals surface area contributed by atoms with E-state index < -0.39 is 12.1 Å². The second-order valence-corrected chi connectivity index (χ2v) is 11.4. The summed E-state index contributed by atoms with van der Waals surface area (Å²) in [7, 11) is 0. The van der Waals surface area contributed by atoms with Gasteiger partial charge in [-0.15, -0.1) is 0 Å². The van der Waals surface area contributed by atoms with Gasteiger partial charge in [0.25, 0.3) is 0 Å². The molecule has 1 N–H and O–H groups in total. The van der Waals surface area contributed by atoms with E-state index in [0.29, 0.717) is 12.5 Å². The zero-order chi connectivity index (χ0) is 22.0. The van der Waals surface area contributed by atoms with Crippen molar-refractivity contribution in [2.75, 3.05) is 19.6 Å². The minimum atomic E-state index is -4.82. The molecule has 4 nitrogen and oxygen atoms in total. The Hall–Kier alpha value is -1.76. The van der Waals surface area contributed by atoms with Crippen molar-refractivity contribution < 1.29 is 23.1 Å². The number of fused-ring (bicyclic) bond motifs is 1. The molecule has 6 atom stereocenters. The predicted octanol–water partition coefficient (Wildman–Crippen LogP) is 3.86. The highest BCUT2D eigenvalue weighted by Crippen LogP contribution is 2.75. The van der Waals surface area contributed by atoms with Crippen molar-refractivity contribution in [1.82, 2.24) is 9.80 Å². The van der Waals surface area contributed by atoms with Crippen molar-refractivity contribution in [2.45, 2.75) is 68.6 Å². The number of phenols is 1. The monoisotopic (exact) mass is 446 g/mol. The lowest BCUT2D eigenvalue weighted by molar-refractivity contribution is -0.190. The highest BCUT2D eigenvalue weighted by atomic mass is 19.4. The van der Waals surface area contributed by atoms with Crippen molar-refractivity contribution in [1.29, 1.82) is 0 Å². The Labute approximate surface area is 185 Å². The topological polar surface area (TPSA) is 43.8 Å². The van der Waals surface area contributed by atoms with Crippen LogP contribution in [0.25, 0.3) is 0 Å². The van der Waals surface area contributed by atoms with Crippen LogP contribution in [0.2, 0.25) is 0 Å². The third-order valence-corrected chi connectivity index (χ3v) is 10.3. The number of amides is 1. The van der Waals surface area contributed by atoms with Crippen LogP contribution in [0.15, 0.2) is 18.2 Å². The van der Waals surface area contributed by atoms with Crippen LogP contribution in [0.5, 0.6) is 5.75 Å². The van der Waals surface area contributed by atoms with Gasteiger partial charge in [-0.3, -0.25) is 9.69 Å². The lowest BCUT2D eigenvalue weighted by atomic mass is 9.43. The smallest absolute Gasteiger partial charge is 0.471 e. The number of likely N-dealkylation sites (tertiary alicyclic amines) is 2. The van der Waals surface area contributed by atoms with Crippen LogP contribution in [-0.4, -0.2) is 58.7 Å². The molecule has 6 aliphatic rings. The van der Waals surface area contributed by atoms with E-state index in [2.05, 4.69) is 4.90 Å². The summed E-state index contributed by atoms with van der Waals surface area (Å²) in [6, 6.07) is 5.80. The lowest BCUT2D eigenvalue weighted by Crippen LogP contribution is -2.70. The van der Waals surface area contributed by atoms with Crippen molar-refractivity contribution in [3.63, 3.8) is 0 Å². The molecule has 7 rings (SSSR count). The van der Waals surface area contributed by atoms with E-state index in [1.807, 2.05) is 12.1 Å². The van der Waals surface area contributed by atoms with Gasteiger partial charge in [-0.05, 0) is 97.9 Å². The van der Waals surface area contributed by atoms with Crippen LogP contribution in [0.1, 0.15) is 49.7 Å². The van der Waals surface area contributed by atoms with Crippen molar-refractivity contribution in [3.8, 4) is 5.75 Å². The molecule has 4 aliphatic carbocycles. The summed E-state index contributed by atoms with van der Waals surface area (Å²) in [6.45, 7) is 2.36. The van der Waals surface area contributed by atoms with Gasteiger partial charge in [0.1, 0.15) is 5.75 Å². The van der Waals surface area contributed by atoms with Gasteiger partial charge in [0.2, 0.25) is 0 Å². The summed E-state index contributed by atoms with van der Waals surface area (Å²) in [6.07, 6.45) is 2.18. The number of benzene rings is 1. The molecular weight excluding hydrogens is 417 g/mol. The van der Waals surface area contributed by atoms with Gasteiger partial charge >= 0.3 is 12.1 Å². The molecule has 5 fully saturated rings. The molecule has 1 aromatic carbocycles. The maximum absolute atomic E-state index is 13.4. The number of piperidine rings is 1. The fourth-order valence-electron chi connectivity index (χ4n) is 9.34. The molecule has 2 saturated heterocycles. The fourth-order valence-corrected chi connectivity index (χ4v) is 9.34. The molecule has 7 heteroatoms. The quantitative estimate of drug-likeness (QED) is 0.751. The fraction of sp³-hybridized carbons (Fsp3) is 0.720. The molecule has 2 unspecified atom stereocenters. The molecule has 1 aromatic rings. The molecule has 2 heterocycles. The van der Waals surface area contributed by atoms with Crippen molar-refractivity contribution in [2.24, 2.45) is 23.2 Å². The third-order valence-electron chi connectivity index (χ3n) is 10.3. The second-order valence-electron chi connectivity index (χ2n) is 11.4. The van der Waals surface area contributed by atoms with Gasteiger partial charge in [-0.25, -0.2) is 0 Å². The third kappa shape index (κ3) is 2.26. The first kappa shape index (κ1) is 19.7. The van der Waals surface area contributed by atoms with E-state index in [1.165, 1.54) is 28.9 Å². The molecule has 3 saturated carbocycles. The van der Waals surface area contributed by atoms with Crippen LogP contribution in [0.4, 0.5) is 13.2 Å². The van der Waals surface area contributed by atoms with Gasteiger partial charge in [-0.2, -0.15) is 13.2 Å². The Kier molecular flexibility index (Phi) is 3.70. The number of rotatable bonds is 2. The van der Waals surface area contributed by atoms with E-state index in [1.54, 1.807) is 6.07 Å². The Balaban J connectivity index is 1.37. The molecule has 0 radical (unpaired) electrons. The number of aromatic hydroxyl groups is 1. The Bertz CT molecular complexity index is 1010. The van der Waals surface area contributed by atoms with Crippen LogP contribution in [-0.2, 0) is 16.6 Å². The summed E-state index contributed by atoms with van der Waals surface area (Å²) in [4.78, 5) is 16.2. The first-order valence-electron chi connectivity index (χ1n) is 12.2. The maximum atomic E-state index is 13.4. The summed E-state index contributed by atoms with van der Waals surface area (Å²) < 4.78 is 40.3. The molecule has 4 bridgehead atoms. The Morgan fingerprint density at radius 2 is 2.00 bits per heavy atom. The summed E-state index contributed by atoms with van der Waals surface area (Å²) >= 11 is 0. The lowest BCUT2D eigenvalue weighted by Gasteiger charge is -2.66. The molecule has 2 aliphatic heterocycles. The normalized spacial score (nSPS) is 42.0. The first-order valence-corrected chi connectivity index (χ1v) is 12.2. The number of carbonyl (C=O) groups excluding carboxylic acids is 1. The second kappa shape index (κ2) is 6.02. The molecule has 0 aromatic heterocycles. The number of nitrogens with zero attached hydrogens (tertiary/aromatic N) is 2. The number of phenolic OH excluding ortho intramolecular Hbond substituents is 1. The van der Waals surface area contributed by atoms with Crippen LogP contribution >= 0.6 is 0 Å². The first-order chi connectivity index (χ1) is 15.2. The number of hydrogen-bond donors (Lipinski definition) is 1. The SMILES string of the molecule is O=C(N1C[C@H]2C[C@@]34CCC1C2[C@@]31CCN(CC2CC2)[C@@H]4Cc2ccc(O)cc21)C(F)(F)F.